The first-order chi connectivity index (χ1) is 8.61. The molecule has 1 aromatic heterocycles. The highest BCUT2D eigenvalue weighted by Crippen LogP contribution is 2.25. The van der Waals surface area contributed by atoms with Gasteiger partial charge in [0.25, 0.3) is 5.91 Å². The normalized spacial score (nSPS) is 23.3. The van der Waals surface area contributed by atoms with Crippen LogP contribution in [0.2, 0.25) is 0 Å². The Morgan fingerprint density at radius 1 is 1.56 bits per heavy atom. The molecule has 0 aromatic carbocycles. The van der Waals surface area contributed by atoms with Crippen LogP contribution in [0.3, 0.4) is 0 Å². The summed E-state index contributed by atoms with van der Waals surface area (Å²) in [6.45, 7) is 4.75. The summed E-state index contributed by atoms with van der Waals surface area (Å²) < 4.78 is 0. The Bertz CT molecular complexity index is 427. The summed E-state index contributed by atoms with van der Waals surface area (Å²) >= 11 is 1.56. The maximum absolute atomic E-state index is 12.0. The van der Waals surface area contributed by atoms with Crippen molar-refractivity contribution in [1.82, 2.24) is 5.32 Å². The number of aliphatic hydroxyl groups is 1. The number of hydrogen-bond donors (Lipinski definition) is 2. The molecule has 1 aliphatic carbocycles. The van der Waals surface area contributed by atoms with Gasteiger partial charge < -0.3 is 10.4 Å². The first kappa shape index (κ1) is 13.6. The summed E-state index contributed by atoms with van der Waals surface area (Å²) in [5.74, 6) is 0.238. The van der Waals surface area contributed by atoms with E-state index in [-0.39, 0.29) is 17.9 Å². The van der Waals surface area contributed by atoms with Gasteiger partial charge in [-0.25, -0.2) is 0 Å². The molecule has 0 aliphatic heterocycles. The highest BCUT2D eigenvalue weighted by molar-refractivity contribution is 7.14. The first-order valence-corrected chi connectivity index (χ1v) is 7.49. The van der Waals surface area contributed by atoms with Gasteiger partial charge in [-0.3, -0.25) is 4.79 Å². The van der Waals surface area contributed by atoms with E-state index in [1.54, 1.807) is 11.3 Å². The van der Waals surface area contributed by atoms with E-state index in [9.17, 15) is 9.90 Å². The quantitative estimate of drug-likeness (QED) is 0.880. The molecular formula is C14H21NO2S. The van der Waals surface area contributed by atoms with E-state index < -0.39 is 0 Å². The highest BCUT2D eigenvalue weighted by atomic mass is 32.1. The van der Waals surface area contributed by atoms with Crippen molar-refractivity contribution in [3.8, 4) is 0 Å². The van der Waals surface area contributed by atoms with Gasteiger partial charge in [0.2, 0.25) is 0 Å². The Balaban J connectivity index is 1.91. The fraction of sp³-hybridized carbons (Fsp3) is 0.643. The fourth-order valence-corrected chi connectivity index (χ4v) is 3.58. The second kappa shape index (κ2) is 5.85. The van der Waals surface area contributed by atoms with Crippen molar-refractivity contribution >= 4 is 17.2 Å². The smallest absolute Gasteiger partial charge is 0.261 e. The van der Waals surface area contributed by atoms with Crippen LogP contribution in [0.4, 0.5) is 0 Å². The molecule has 2 N–H and O–H groups in total. The lowest BCUT2D eigenvalue weighted by Gasteiger charge is -2.14. The summed E-state index contributed by atoms with van der Waals surface area (Å²) in [7, 11) is 0. The minimum atomic E-state index is -0.235. The van der Waals surface area contributed by atoms with Gasteiger partial charge in [0.1, 0.15) is 0 Å². The molecule has 18 heavy (non-hydrogen) atoms. The molecule has 0 spiro atoms. The second-order valence-electron chi connectivity index (χ2n) is 5.01. The van der Waals surface area contributed by atoms with Crippen LogP contribution in [-0.4, -0.2) is 23.7 Å². The molecule has 2 rings (SSSR count). The molecule has 1 amide bonds. The van der Waals surface area contributed by atoms with E-state index in [0.29, 0.717) is 6.54 Å². The molecule has 0 saturated heterocycles. The summed E-state index contributed by atoms with van der Waals surface area (Å²) in [6.07, 6.45) is 3.70. The molecule has 3 nitrogen and oxygen atoms in total. The Morgan fingerprint density at radius 2 is 2.33 bits per heavy atom. The van der Waals surface area contributed by atoms with Gasteiger partial charge >= 0.3 is 0 Å². The van der Waals surface area contributed by atoms with Crippen molar-refractivity contribution in [3.63, 3.8) is 0 Å². The fourth-order valence-electron chi connectivity index (χ4n) is 2.55. The van der Waals surface area contributed by atoms with E-state index in [1.807, 2.05) is 6.07 Å². The monoisotopic (exact) mass is 267 g/mol. The van der Waals surface area contributed by atoms with Gasteiger partial charge in [-0.1, -0.05) is 13.3 Å². The molecule has 1 saturated carbocycles. The Kier molecular flexibility index (Phi) is 4.40. The number of hydrogen-bond acceptors (Lipinski definition) is 3. The lowest BCUT2D eigenvalue weighted by molar-refractivity contribution is 0.0920. The van der Waals surface area contributed by atoms with Gasteiger partial charge in [-0.05, 0) is 37.8 Å². The molecule has 2 atom stereocenters. The van der Waals surface area contributed by atoms with Crippen LogP contribution in [0.1, 0.15) is 46.3 Å². The van der Waals surface area contributed by atoms with Gasteiger partial charge in [0.15, 0.2) is 0 Å². The van der Waals surface area contributed by atoms with Crippen molar-refractivity contribution in [2.45, 2.75) is 45.6 Å². The van der Waals surface area contributed by atoms with Crippen LogP contribution >= 0.6 is 11.3 Å². The minimum Gasteiger partial charge on any atom is -0.393 e. The largest absolute Gasteiger partial charge is 0.393 e. The number of nitrogens with one attached hydrogen (secondary N) is 1. The summed E-state index contributed by atoms with van der Waals surface area (Å²) in [5.41, 5.74) is 1.26. The summed E-state index contributed by atoms with van der Waals surface area (Å²) in [4.78, 5) is 14.0. The molecule has 1 aliphatic rings. The van der Waals surface area contributed by atoms with Crippen LogP contribution in [0.5, 0.6) is 0 Å². The Labute approximate surface area is 112 Å². The lowest BCUT2D eigenvalue weighted by Crippen LogP contribution is -2.32. The van der Waals surface area contributed by atoms with E-state index in [2.05, 4.69) is 19.2 Å². The molecule has 1 fully saturated rings. The van der Waals surface area contributed by atoms with E-state index >= 15 is 0 Å². The number of carbonyl (C=O) groups excluding carboxylic acids is 1. The molecule has 1 heterocycles. The Hall–Kier alpha value is -0.870. The zero-order chi connectivity index (χ0) is 13.1. The van der Waals surface area contributed by atoms with E-state index in [0.717, 1.165) is 30.6 Å². The molecule has 1 aromatic rings. The van der Waals surface area contributed by atoms with Gasteiger partial charge in [-0.15, -0.1) is 11.3 Å². The SMILES string of the molecule is CCc1cc(C(=O)NCC2CCCC2O)sc1C. The molecule has 2 unspecified atom stereocenters. The zero-order valence-corrected chi connectivity index (χ0v) is 11.8. The van der Waals surface area contributed by atoms with Crippen molar-refractivity contribution < 1.29 is 9.90 Å². The van der Waals surface area contributed by atoms with E-state index in [4.69, 9.17) is 0 Å². The molecular weight excluding hydrogens is 246 g/mol. The second-order valence-corrected chi connectivity index (χ2v) is 6.27. The number of aryl methyl sites for hydroxylation is 2. The van der Waals surface area contributed by atoms with Crippen LogP contribution in [-0.2, 0) is 6.42 Å². The van der Waals surface area contributed by atoms with Crippen molar-refractivity contribution in [2.75, 3.05) is 6.54 Å². The zero-order valence-electron chi connectivity index (χ0n) is 11.0. The molecule has 0 radical (unpaired) electrons. The van der Waals surface area contributed by atoms with Gasteiger partial charge in [0, 0.05) is 17.3 Å². The number of thiophene rings is 1. The molecule has 100 valence electrons. The standard InChI is InChI=1S/C14H21NO2S/c1-3-10-7-13(18-9(10)2)14(17)15-8-11-5-4-6-12(11)16/h7,11-12,16H,3-6,8H2,1-2H3,(H,15,17). The third-order valence-corrected chi connectivity index (χ3v) is 4.86. The van der Waals surface area contributed by atoms with Crippen LogP contribution in [0.15, 0.2) is 6.07 Å². The first-order valence-electron chi connectivity index (χ1n) is 6.67. The summed E-state index contributed by atoms with van der Waals surface area (Å²) in [6, 6.07) is 1.99. The average Bonchev–Trinajstić information content (AvgIpc) is 2.92. The predicted octanol–water partition coefficient (Wildman–Crippen LogP) is 2.51. The van der Waals surface area contributed by atoms with E-state index in [1.165, 1.54) is 10.4 Å². The number of amides is 1. The highest BCUT2D eigenvalue weighted by Gasteiger charge is 2.25. The number of aliphatic hydroxyl groups excluding tert-OH is 1. The van der Waals surface area contributed by atoms with Gasteiger partial charge in [0.05, 0.1) is 11.0 Å². The predicted molar refractivity (Wildman–Crippen MR) is 74.1 cm³/mol. The molecule has 0 bridgehead atoms. The summed E-state index contributed by atoms with van der Waals surface area (Å²) in [5, 5.41) is 12.7. The Morgan fingerprint density at radius 3 is 2.89 bits per heavy atom. The average molecular weight is 267 g/mol. The van der Waals surface area contributed by atoms with Crippen molar-refractivity contribution in [2.24, 2.45) is 5.92 Å². The van der Waals surface area contributed by atoms with Crippen LogP contribution in [0, 0.1) is 12.8 Å². The lowest BCUT2D eigenvalue weighted by atomic mass is 10.1. The maximum atomic E-state index is 12.0. The third-order valence-electron chi connectivity index (χ3n) is 3.77. The van der Waals surface area contributed by atoms with Crippen molar-refractivity contribution in [3.05, 3.63) is 21.4 Å². The number of rotatable bonds is 4. The van der Waals surface area contributed by atoms with Gasteiger partial charge in [-0.2, -0.15) is 0 Å². The third kappa shape index (κ3) is 2.93. The van der Waals surface area contributed by atoms with Crippen molar-refractivity contribution in [1.29, 1.82) is 0 Å². The number of carbonyl (C=O) groups is 1. The van der Waals surface area contributed by atoms with Crippen LogP contribution in [0.25, 0.3) is 0 Å². The van der Waals surface area contributed by atoms with Crippen LogP contribution < -0.4 is 5.32 Å². The maximum Gasteiger partial charge on any atom is 0.261 e. The minimum absolute atomic E-state index is 0.00176. The topological polar surface area (TPSA) is 49.3 Å². The molecule has 4 heteroatoms.